The lowest BCUT2D eigenvalue weighted by atomic mass is 10.1. The van der Waals surface area contributed by atoms with Crippen molar-refractivity contribution in [1.29, 1.82) is 0 Å². The second kappa shape index (κ2) is 10.8. The molecule has 0 bridgehead atoms. The number of nitrogens with zero attached hydrogens (tertiary/aromatic N) is 4. The molecule has 0 spiro atoms. The summed E-state index contributed by atoms with van der Waals surface area (Å²) in [5.41, 5.74) is 1.76. The van der Waals surface area contributed by atoms with Gasteiger partial charge in [-0.2, -0.15) is 0 Å². The van der Waals surface area contributed by atoms with Gasteiger partial charge in [0.1, 0.15) is 5.82 Å². The van der Waals surface area contributed by atoms with Gasteiger partial charge in [-0.15, -0.1) is 10.2 Å². The summed E-state index contributed by atoms with van der Waals surface area (Å²) in [5, 5.41) is 11.9. The first-order valence-corrected chi connectivity index (χ1v) is 12.0. The van der Waals surface area contributed by atoms with Gasteiger partial charge in [0.05, 0.1) is 24.7 Å². The summed E-state index contributed by atoms with van der Waals surface area (Å²) in [6.07, 6.45) is 0. The zero-order valence-electron chi connectivity index (χ0n) is 19.0. The van der Waals surface area contributed by atoms with Gasteiger partial charge in [0.2, 0.25) is 11.9 Å². The number of hydrogen-bond acceptors (Lipinski definition) is 7. The fourth-order valence-electron chi connectivity index (χ4n) is 3.40. The summed E-state index contributed by atoms with van der Waals surface area (Å²) >= 11 is 1.24. The lowest BCUT2D eigenvalue weighted by molar-refractivity contribution is -0.118. The van der Waals surface area contributed by atoms with Crippen molar-refractivity contribution in [3.8, 4) is 5.69 Å². The van der Waals surface area contributed by atoms with E-state index in [0.29, 0.717) is 54.3 Å². The van der Waals surface area contributed by atoms with Crippen molar-refractivity contribution < 1.29 is 18.7 Å². The van der Waals surface area contributed by atoms with Crippen molar-refractivity contribution in [3.05, 3.63) is 59.9 Å². The zero-order chi connectivity index (χ0) is 24.1. The van der Waals surface area contributed by atoms with Gasteiger partial charge in [0.15, 0.2) is 10.9 Å². The molecule has 0 atom stereocenters. The Hall–Kier alpha value is -3.24. The van der Waals surface area contributed by atoms with Crippen LogP contribution in [0.5, 0.6) is 0 Å². The van der Waals surface area contributed by atoms with Gasteiger partial charge < -0.3 is 15.0 Å². The third kappa shape index (κ3) is 5.63. The molecule has 1 N–H and O–H groups in total. The highest BCUT2D eigenvalue weighted by atomic mass is 32.2. The van der Waals surface area contributed by atoms with Gasteiger partial charge in [-0.1, -0.05) is 31.7 Å². The van der Waals surface area contributed by atoms with E-state index in [1.54, 1.807) is 41.0 Å². The number of hydrogen-bond donors (Lipinski definition) is 1. The van der Waals surface area contributed by atoms with Crippen LogP contribution in [-0.2, 0) is 9.53 Å². The largest absolute Gasteiger partial charge is 0.378 e. The minimum Gasteiger partial charge on any atom is -0.378 e. The number of aromatic nitrogens is 3. The third-order valence-electron chi connectivity index (χ3n) is 5.31. The molecule has 3 aromatic rings. The predicted molar refractivity (Wildman–Crippen MR) is 129 cm³/mol. The fraction of sp³-hybridized carbons (Fsp3) is 0.333. The van der Waals surface area contributed by atoms with Crippen LogP contribution in [0, 0.1) is 11.7 Å². The molecule has 2 aromatic carbocycles. The number of rotatable bonds is 8. The first-order valence-electron chi connectivity index (χ1n) is 11.0. The van der Waals surface area contributed by atoms with Crippen molar-refractivity contribution in [2.24, 2.45) is 5.92 Å². The van der Waals surface area contributed by atoms with Crippen LogP contribution >= 0.6 is 11.8 Å². The first kappa shape index (κ1) is 23.9. The van der Waals surface area contributed by atoms with E-state index in [4.69, 9.17) is 4.74 Å². The summed E-state index contributed by atoms with van der Waals surface area (Å²) in [6.45, 7) is 6.08. The van der Waals surface area contributed by atoms with E-state index in [0.717, 1.165) is 0 Å². The molecule has 1 amide bonds. The lowest BCUT2D eigenvalue weighted by Gasteiger charge is -2.27. The van der Waals surface area contributed by atoms with E-state index in [1.807, 2.05) is 18.7 Å². The molecular formula is C24H26FN5O3S. The summed E-state index contributed by atoms with van der Waals surface area (Å²) in [7, 11) is 0. The van der Waals surface area contributed by atoms with E-state index in [-0.39, 0.29) is 29.2 Å². The van der Waals surface area contributed by atoms with E-state index in [2.05, 4.69) is 15.5 Å². The predicted octanol–water partition coefficient (Wildman–Crippen LogP) is 3.81. The summed E-state index contributed by atoms with van der Waals surface area (Å²) < 4.78 is 21.2. The van der Waals surface area contributed by atoms with Crippen molar-refractivity contribution in [2.75, 3.05) is 42.3 Å². The molecule has 34 heavy (non-hydrogen) atoms. The SMILES string of the molecule is CC(C)C(=O)Nc1ccc(C(=O)CSc2nnc(N3CCOCC3)n2-c2cccc(F)c2)cc1. The highest BCUT2D eigenvalue weighted by Gasteiger charge is 2.23. The Morgan fingerprint density at radius 3 is 2.53 bits per heavy atom. The molecule has 1 aliphatic rings. The second-order valence-corrected chi connectivity index (χ2v) is 9.07. The zero-order valence-corrected chi connectivity index (χ0v) is 19.8. The molecule has 10 heteroatoms. The molecule has 8 nitrogen and oxygen atoms in total. The van der Waals surface area contributed by atoms with Crippen molar-refractivity contribution in [1.82, 2.24) is 14.8 Å². The van der Waals surface area contributed by atoms with Crippen LogP contribution in [0.3, 0.4) is 0 Å². The second-order valence-electron chi connectivity index (χ2n) is 8.13. The van der Waals surface area contributed by atoms with Gasteiger partial charge in [0, 0.05) is 30.3 Å². The summed E-state index contributed by atoms with van der Waals surface area (Å²) in [5.74, 6) is 0.0603. The number of Topliss-reactive ketones (excluding diaryl/α,β-unsaturated/α-hetero) is 1. The quantitative estimate of drug-likeness (QED) is 0.385. The van der Waals surface area contributed by atoms with Crippen LogP contribution in [0.25, 0.3) is 5.69 Å². The van der Waals surface area contributed by atoms with Crippen LogP contribution < -0.4 is 10.2 Å². The molecule has 4 rings (SSSR count). The average molecular weight is 484 g/mol. The number of ketones is 1. The van der Waals surface area contributed by atoms with E-state index in [1.165, 1.54) is 23.9 Å². The number of amides is 1. The number of morpholine rings is 1. The molecule has 0 aliphatic carbocycles. The van der Waals surface area contributed by atoms with Crippen LogP contribution in [0.15, 0.2) is 53.7 Å². The Balaban J connectivity index is 1.50. The van der Waals surface area contributed by atoms with Crippen LogP contribution in [0.2, 0.25) is 0 Å². The van der Waals surface area contributed by atoms with Gasteiger partial charge >= 0.3 is 0 Å². The van der Waals surface area contributed by atoms with Crippen LogP contribution in [0.1, 0.15) is 24.2 Å². The van der Waals surface area contributed by atoms with Gasteiger partial charge in [-0.25, -0.2) is 4.39 Å². The van der Waals surface area contributed by atoms with Crippen molar-refractivity contribution in [3.63, 3.8) is 0 Å². The molecule has 178 valence electrons. The highest BCUT2D eigenvalue weighted by Crippen LogP contribution is 2.28. The van der Waals surface area contributed by atoms with Gasteiger partial charge in [-0.05, 0) is 42.5 Å². The number of nitrogens with one attached hydrogen (secondary N) is 1. The summed E-state index contributed by atoms with van der Waals surface area (Å²) in [6, 6.07) is 13.0. The Kier molecular flexibility index (Phi) is 7.59. The number of ether oxygens (including phenoxy) is 1. The molecule has 2 heterocycles. The van der Waals surface area contributed by atoms with Crippen molar-refractivity contribution in [2.45, 2.75) is 19.0 Å². The highest BCUT2D eigenvalue weighted by molar-refractivity contribution is 7.99. The molecule has 0 unspecified atom stereocenters. The maximum Gasteiger partial charge on any atom is 0.232 e. The fourth-order valence-corrected chi connectivity index (χ4v) is 4.25. The molecule has 1 aliphatic heterocycles. The summed E-state index contributed by atoms with van der Waals surface area (Å²) in [4.78, 5) is 26.7. The molecule has 0 radical (unpaired) electrons. The Morgan fingerprint density at radius 2 is 1.85 bits per heavy atom. The Labute approximate surface area is 201 Å². The number of thioether (sulfide) groups is 1. The maximum atomic E-state index is 14.0. The topological polar surface area (TPSA) is 89.3 Å². The van der Waals surface area contributed by atoms with Crippen molar-refractivity contribution >= 4 is 35.1 Å². The lowest BCUT2D eigenvalue weighted by Crippen LogP contribution is -2.37. The normalized spacial score (nSPS) is 13.8. The number of carbonyl (C=O) groups excluding carboxylic acids is 2. The van der Waals surface area contributed by atoms with E-state index in [9.17, 15) is 14.0 Å². The number of halogens is 1. The Bertz CT molecular complexity index is 1160. The van der Waals surface area contributed by atoms with E-state index >= 15 is 0 Å². The first-order chi connectivity index (χ1) is 16.4. The molecular weight excluding hydrogens is 457 g/mol. The molecule has 1 saturated heterocycles. The molecule has 1 fully saturated rings. The molecule has 1 aromatic heterocycles. The minimum atomic E-state index is -0.365. The van der Waals surface area contributed by atoms with Crippen LogP contribution in [-0.4, -0.2) is 58.5 Å². The van der Waals surface area contributed by atoms with Gasteiger partial charge in [-0.3, -0.25) is 14.2 Å². The Morgan fingerprint density at radius 1 is 1.12 bits per heavy atom. The number of carbonyl (C=O) groups is 2. The number of anilines is 2. The third-order valence-corrected chi connectivity index (χ3v) is 6.24. The maximum absolute atomic E-state index is 14.0. The number of benzene rings is 2. The average Bonchev–Trinajstić information content (AvgIpc) is 3.27. The van der Waals surface area contributed by atoms with Gasteiger partial charge in [0.25, 0.3) is 0 Å². The minimum absolute atomic E-state index is 0.0811. The van der Waals surface area contributed by atoms with Crippen LogP contribution in [0.4, 0.5) is 16.0 Å². The smallest absolute Gasteiger partial charge is 0.232 e. The standard InChI is InChI=1S/C24H26FN5O3S/c1-16(2)22(32)26-19-8-6-17(7-9-19)21(31)15-34-24-28-27-23(29-10-12-33-13-11-29)30(24)20-5-3-4-18(25)14-20/h3-9,14,16H,10-13,15H2,1-2H3,(H,26,32). The molecule has 0 saturated carbocycles. The van der Waals surface area contributed by atoms with E-state index < -0.39 is 0 Å². The monoisotopic (exact) mass is 483 g/mol.